The second kappa shape index (κ2) is 9.60. The van der Waals surface area contributed by atoms with Gasteiger partial charge in [-0.1, -0.05) is 13.8 Å². The average molecular weight is 394 g/mol. The van der Waals surface area contributed by atoms with Crippen molar-refractivity contribution in [3.05, 3.63) is 0 Å². The van der Waals surface area contributed by atoms with Crippen LogP contribution in [-0.2, 0) is 37.2 Å². The molecule has 1 saturated heterocycles. The van der Waals surface area contributed by atoms with Gasteiger partial charge in [-0.25, -0.2) is 13.9 Å². The van der Waals surface area contributed by atoms with Crippen molar-refractivity contribution < 1.29 is 42.0 Å². The largest absolute Gasteiger partial charge is 0.510 e. The smallest absolute Gasteiger partial charge is 0.432 e. The van der Waals surface area contributed by atoms with E-state index in [4.69, 9.17) is 18.3 Å². The zero-order chi connectivity index (χ0) is 20.0. The number of ketones is 2. The van der Waals surface area contributed by atoms with Gasteiger partial charge < -0.3 is 14.3 Å². The first-order valence-corrected chi connectivity index (χ1v) is 9.84. The summed E-state index contributed by atoms with van der Waals surface area (Å²) in [5, 5.41) is 0. The van der Waals surface area contributed by atoms with E-state index >= 15 is 0 Å². The van der Waals surface area contributed by atoms with E-state index in [0.717, 1.165) is 0 Å². The molecule has 1 fully saturated rings. The molecule has 1 aliphatic heterocycles. The van der Waals surface area contributed by atoms with E-state index in [1.165, 1.54) is 6.92 Å². The van der Waals surface area contributed by atoms with Crippen molar-refractivity contribution in [2.24, 2.45) is 5.41 Å². The lowest BCUT2D eigenvalue weighted by atomic mass is 9.84. The molecule has 0 aromatic carbocycles. The number of phosphoric ester groups is 1. The average Bonchev–Trinajstić information content (AvgIpc) is 2.49. The van der Waals surface area contributed by atoms with Crippen molar-refractivity contribution in [3.8, 4) is 0 Å². The maximum atomic E-state index is 12.5. The predicted molar refractivity (Wildman–Crippen MR) is 90.4 cm³/mol. The number of Topliss-reactive ketones (excluding diaryl/α,β-unsaturated/α-hetero) is 2. The topological polar surface area (TPSA) is 114 Å². The molecule has 0 saturated carbocycles. The van der Waals surface area contributed by atoms with Crippen LogP contribution in [0.5, 0.6) is 0 Å². The molecule has 0 aromatic rings. The van der Waals surface area contributed by atoms with Crippen LogP contribution in [0.15, 0.2) is 0 Å². The van der Waals surface area contributed by atoms with Gasteiger partial charge in [-0.2, -0.15) is 0 Å². The second-order valence-electron chi connectivity index (χ2n) is 7.02. The van der Waals surface area contributed by atoms with E-state index in [-0.39, 0.29) is 37.1 Å². The molecule has 1 heterocycles. The minimum atomic E-state index is -4.07. The van der Waals surface area contributed by atoms with Crippen molar-refractivity contribution >= 4 is 25.5 Å². The summed E-state index contributed by atoms with van der Waals surface area (Å²) in [5.74, 6) is -0.298. The van der Waals surface area contributed by atoms with Crippen LogP contribution in [0, 0.1) is 5.41 Å². The molecule has 150 valence electrons. The first kappa shape index (κ1) is 22.8. The third kappa shape index (κ3) is 7.53. The molecule has 0 bridgehead atoms. The molecule has 0 amide bonds. The summed E-state index contributed by atoms with van der Waals surface area (Å²) in [4.78, 5) is 34.7. The van der Waals surface area contributed by atoms with Crippen molar-refractivity contribution in [3.63, 3.8) is 0 Å². The Hall–Kier alpha value is -1.28. The Morgan fingerprint density at radius 1 is 1.23 bits per heavy atom. The maximum Gasteiger partial charge on any atom is 0.510 e. The lowest BCUT2D eigenvalue weighted by Gasteiger charge is -2.39. The normalized spacial score (nSPS) is 24.9. The molecule has 9 nitrogen and oxygen atoms in total. The fourth-order valence-electron chi connectivity index (χ4n) is 2.19. The van der Waals surface area contributed by atoms with Gasteiger partial charge in [0.2, 0.25) is 6.79 Å². The van der Waals surface area contributed by atoms with Gasteiger partial charge in [0, 0.05) is 18.3 Å². The molecule has 0 aliphatic carbocycles. The zero-order valence-electron chi connectivity index (χ0n) is 15.8. The monoisotopic (exact) mass is 394 g/mol. The highest BCUT2D eigenvalue weighted by Crippen LogP contribution is 2.57. The van der Waals surface area contributed by atoms with Crippen LogP contribution >= 0.6 is 7.82 Å². The first-order valence-electron chi connectivity index (χ1n) is 8.38. The van der Waals surface area contributed by atoms with Crippen molar-refractivity contribution in [1.82, 2.24) is 0 Å². The Kier molecular flexibility index (Phi) is 8.40. The van der Waals surface area contributed by atoms with Gasteiger partial charge in [0.25, 0.3) is 0 Å². The predicted octanol–water partition coefficient (Wildman–Crippen LogP) is 3.40. The summed E-state index contributed by atoms with van der Waals surface area (Å²) in [6.07, 6.45) is -1.59. The Labute approximate surface area is 153 Å². The van der Waals surface area contributed by atoms with Crippen molar-refractivity contribution in [1.29, 1.82) is 0 Å². The molecule has 1 rings (SSSR count). The van der Waals surface area contributed by atoms with Gasteiger partial charge in [0.15, 0.2) is 5.78 Å². The minimum absolute atomic E-state index is 0.00982. The third-order valence-electron chi connectivity index (χ3n) is 3.50. The first-order chi connectivity index (χ1) is 11.9. The highest BCUT2D eigenvalue weighted by Gasteiger charge is 2.48. The molecule has 0 radical (unpaired) electrons. The third-order valence-corrected chi connectivity index (χ3v) is 4.84. The molecule has 0 spiro atoms. The summed E-state index contributed by atoms with van der Waals surface area (Å²) < 4.78 is 37.2. The number of phosphoric acid groups is 1. The van der Waals surface area contributed by atoms with Gasteiger partial charge in [-0.3, -0.25) is 13.8 Å². The fourth-order valence-corrected chi connectivity index (χ4v) is 3.72. The molecular formula is C16H27O9P. The molecule has 26 heavy (non-hydrogen) atoms. The molecule has 1 aliphatic rings. The zero-order valence-corrected chi connectivity index (χ0v) is 16.7. The van der Waals surface area contributed by atoms with Crippen LogP contribution < -0.4 is 0 Å². The fraction of sp³-hybridized carbons (Fsp3) is 0.812. The molecule has 0 N–H and O–H groups in total. The summed E-state index contributed by atoms with van der Waals surface area (Å²) in [6.45, 7) is 7.47. The maximum absolute atomic E-state index is 12.5. The quantitative estimate of drug-likeness (QED) is 0.330. The molecule has 0 aromatic heterocycles. The van der Waals surface area contributed by atoms with Crippen LogP contribution in [0.25, 0.3) is 0 Å². The summed E-state index contributed by atoms with van der Waals surface area (Å²) in [6, 6.07) is 0. The van der Waals surface area contributed by atoms with E-state index in [2.05, 4.69) is 4.74 Å². The van der Waals surface area contributed by atoms with Gasteiger partial charge in [0.1, 0.15) is 11.9 Å². The molecule has 2 atom stereocenters. The van der Waals surface area contributed by atoms with E-state index in [9.17, 15) is 18.9 Å². The van der Waals surface area contributed by atoms with Crippen LogP contribution in [0.3, 0.4) is 0 Å². The van der Waals surface area contributed by atoms with E-state index < -0.39 is 32.3 Å². The van der Waals surface area contributed by atoms with Gasteiger partial charge >= 0.3 is 14.0 Å². The lowest BCUT2D eigenvalue weighted by Crippen LogP contribution is -2.44. The van der Waals surface area contributed by atoms with Gasteiger partial charge in [-0.05, 0) is 27.2 Å². The van der Waals surface area contributed by atoms with E-state index in [1.54, 1.807) is 27.7 Å². The van der Waals surface area contributed by atoms with Crippen LogP contribution in [0.1, 0.15) is 53.9 Å². The minimum Gasteiger partial charge on any atom is -0.432 e. The number of ether oxygens (including phenoxy) is 2. The molecular weight excluding hydrogens is 367 g/mol. The van der Waals surface area contributed by atoms with Gasteiger partial charge in [0.05, 0.1) is 12.7 Å². The standard InChI is InChI=1S/C16H27O9P/c1-11(2)24-15(19)21-10-23-26(20)22-9-16(4,5)14(25-26)13(18)8-6-7-12(3)17/h11,14H,6-10H2,1-5H3/t14-,26?/m0/s1. The summed E-state index contributed by atoms with van der Waals surface area (Å²) >= 11 is 0. The number of rotatable bonds is 9. The Balaban J connectivity index is 2.60. The van der Waals surface area contributed by atoms with E-state index in [0.29, 0.717) is 6.42 Å². The second-order valence-corrected chi connectivity index (χ2v) is 8.65. The van der Waals surface area contributed by atoms with Crippen molar-refractivity contribution in [2.75, 3.05) is 13.4 Å². The highest BCUT2D eigenvalue weighted by atomic mass is 31.2. The summed E-state index contributed by atoms with van der Waals surface area (Å²) in [7, 11) is -4.07. The highest BCUT2D eigenvalue weighted by molar-refractivity contribution is 7.48. The van der Waals surface area contributed by atoms with Crippen LogP contribution in [0.4, 0.5) is 4.79 Å². The van der Waals surface area contributed by atoms with Crippen LogP contribution in [0.2, 0.25) is 0 Å². The Bertz CT molecular complexity index is 570. The molecule has 1 unspecified atom stereocenters. The van der Waals surface area contributed by atoms with E-state index in [1.807, 2.05) is 0 Å². The van der Waals surface area contributed by atoms with Crippen LogP contribution in [-0.4, -0.2) is 43.3 Å². The Morgan fingerprint density at radius 2 is 1.88 bits per heavy atom. The van der Waals surface area contributed by atoms with Crippen molar-refractivity contribution in [2.45, 2.75) is 66.1 Å². The number of hydrogen-bond donors (Lipinski definition) is 0. The molecule has 10 heteroatoms. The SMILES string of the molecule is CC(=O)CCCC(=O)[C@@H]1OP(=O)(OCOC(=O)OC(C)C)OCC1(C)C. The number of hydrogen-bond acceptors (Lipinski definition) is 9. The Morgan fingerprint density at radius 3 is 2.46 bits per heavy atom. The number of carbonyl (C=O) groups excluding carboxylic acids is 3. The summed E-state index contributed by atoms with van der Waals surface area (Å²) in [5.41, 5.74) is -0.720. The van der Waals surface area contributed by atoms with Gasteiger partial charge in [-0.15, -0.1) is 0 Å². The number of carbonyl (C=O) groups is 3. The lowest BCUT2D eigenvalue weighted by molar-refractivity contribution is -0.141.